The summed E-state index contributed by atoms with van der Waals surface area (Å²) >= 11 is 0. The van der Waals surface area contributed by atoms with E-state index in [-0.39, 0.29) is 0 Å². The molecule has 0 unspecified atom stereocenters. The maximum absolute atomic E-state index is 10.7. The molecule has 2 nitrogen and oxygen atoms in total. The summed E-state index contributed by atoms with van der Waals surface area (Å²) in [5, 5.41) is 8.82. The van der Waals surface area contributed by atoms with Gasteiger partial charge in [0.05, 0.1) is 0 Å². The van der Waals surface area contributed by atoms with Crippen LogP contribution in [0.4, 0.5) is 0 Å². The third-order valence-electron chi connectivity index (χ3n) is 2.07. The maximum Gasteiger partial charge on any atom is 0.331 e. The minimum Gasteiger partial charge on any atom is -0.478 e. The number of rotatable bonds is 3. The summed E-state index contributed by atoms with van der Waals surface area (Å²) in [6.45, 7) is 3.85. The molecule has 0 aliphatic rings. The summed E-state index contributed by atoms with van der Waals surface area (Å²) in [6, 6.07) is 7.80. The van der Waals surface area contributed by atoms with E-state index in [1.807, 2.05) is 38.1 Å². The first-order valence-corrected chi connectivity index (χ1v) is 4.64. The molecule has 2 heteroatoms. The van der Waals surface area contributed by atoms with Gasteiger partial charge in [0.1, 0.15) is 0 Å². The molecule has 0 aliphatic carbocycles. The molecule has 1 N–H and O–H groups in total. The number of carbonyl (C=O) groups is 1. The van der Waals surface area contributed by atoms with Gasteiger partial charge in [-0.3, -0.25) is 0 Å². The van der Waals surface area contributed by atoms with Crippen molar-refractivity contribution >= 4 is 12.0 Å². The Hall–Kier alpha value is -1.57. The van der Waals surface area contributed by atoms with Gasteiger partial charge in [0, 0.05) is 5.57 Å². The minimum absolute atomic E-state index is 0.439. The fourth-order valence-electron chi connectivity index (χ4n) is 1.18. The lowest BCUT2D eigenvalue weighted by atomic mass is 10.1. The molecule has 0 aliphatic heterocycles. The van der Waals surface area contributed by atoms with Crippen LogP contribution >= 0.6 is 0 Å². The van der Waals surface area contributed by atoms with Crippen LogP contribution in [0, 0.1) is 6.92 Å². The van der Waals surface area contributed by atoms with Crippen LogP contribution in [0.1, 0.15) is 24.5 Å². The Morgan fingerprint density at radius 2 is 1.93 bits per heavy atom. The molecule has 1 aromatic rings. The second kappa shape index (κ2) is 4.61. The fraction of sp³-hybridized carbons (Fsp3) is 0.250. The molecule has 0 bridgehead atoms. The summed E-state index contributed by atoms with van der Waals surface area (Å²) in [5.41, 5.74) is 2.55. The SMILES string of the molecule is CCC(=Cc1ccc(C)cc1)C(=O)O. The van der Waals surface area contributed by atoms with Gasteiger partial charge >= 0.3 is 5.97 Å². The highest BCUT2D eigenvalue weighted by Gasteiger charge is 2.03. The van der Waals surface area contributed by atoms with Gasteiger partial charge in [0.25, 0.3) is 0 Å². The molecule has 14 heavy (non-hydrogen) atoms. The highest BCUT2D eigenvalue weighted by Crippen LogP contribution is 2.10. The van der Waals surface area contributed by atoms with E-state index in [1.54, 1.807) is 6.08 Å². The van der Waals surface area contributed by atoms with Crippen LogP contribution in [0.25, 0.3) is 6.08 Å². The van der Waals surface area contributed by atoms with Crippen LogP contribution in [0.2, 0.25) is 0 Å². The van der Waals surface area contributed by atoms with Crippen LogP contribution in [0.3, 0.4) is 0 Å². The van der Waals surface area contributed by atoms with Crippen molar-refractivity contribution in [3.63, 3.8) is 0 Å². The Bertz CT molecular complexity index is 347. The van der Waals surface area contributed by atoms with E-state index in [4.69, 9.17) is 5.11 Å². The molecular formula is C12H14O2. The molecule has 0 saturated carbocycles. The molecule has 0 aromatic heterocycles. The second-order valence-electron chi connectivity index (χ2n) is 3.24. The fourth-order valence-corrected chi connectivity index (χ4v) is 1.18. The van der Waals surface area contributed by atoms with E-state index in [0.29, 0.717) is 12.0 Å². The smallest absolute Gasteiger partial charge is 0.331 e. The van der Waals surface area contributed by atoms with Gasteiger partial charge in [0.15, 0.2) is 0 Å². The van der Waals surface area contributed by atoms with Crippen molar-refractivity contribution in [2.75, 3.05) is 0 Å². The van der Waals surface area contributed by atoms with E-state index < -0.39 is 5.97 Å². The number of carboxylic acids is 1. The van der Waals surface area contributed by atoms with E-state index in [9.17, 15) is 4.79 Å². The summed E-state index contributed by atoms with van der Waals surface area (Å²) in [5.74, 6) is -0.840. The van der Waals surface area contributed by atoms with E-state index in [0.717, 1.165) is 5.56 Å². The Morgan fingerprint density at radius 1 is 1.36 bits per heavy atom. The van der Waals surface area contributed by atoms with Gasteiger partial charge in [-0.25, -0.2) is 4.79 Å². The van der Waals surface area contributed by atoms with Crippen molar-refractivity contribution < 1.29 is 9.90 Å². The highest BCUT2D eigenvalue weighted by atomic mass is 16.4. The maximum atomic E-state index is 10.7. The largest absolute Gasteiger partial charge is 0.478 e. The van der Waals surface area contributed by atoms with Gasteiger partial charge in [-0.1, -0.05) is 36.8 Å². The molecule has 74 valence electrons. The first-order valence-electron chi connectivity index (χ1n) is 4.64. The molecule has 0 amide bonds. The van der Waals surface area contributed by atoms with E-state index in [1.165, 1.54) is 5.56 Å². The van der Waals surface area contributed by atoms with Gasteiger partial charge in [-0.15, -0.1) is 0 Å². The van der Waals surface area contributed by atoms with Crippen LogP contribution in [0.5, 0.6) is 0 Å². The van der Waals surface area contributed by atoms with Crippen molar-refractivity contribution in [1.29, 1.82) is 0 Å². The molecule has 0 fully saturated rings. The molecule has 1 rings (SSSR count). The lowest BCUT2D eigenvalue weighted by Gasteiger charge is -1.99. The third-order valence-corrected chi connectivity index (χ3v) is 2.07. The third kappa shape index (κ3) is 2.73. The van der Waals surface area contributed by atoms with Crippen LogP contribution in [-0.2, 0) is 4.79 Å². The average molecular weight is 190 g/mol. The topological polar surface area (TPSA) is 37.3 Å². The zero-order valence-corrected chi connectivity index (χ0v) is 8.45. The highest BCUT2D eigenvalue weighted by molar-refractivity contribution is 5.92. The van der Waals surface area contributed by atoms with Crippen LogP contribution < -0.4 is 0 Å². The lowest BCUT2D eigenvalue weighted by molar-refractivity contribution is -0.132. The Morgan fingerprint density at radius 3 is 2.36 bits per heavy atom. The van der Waals surface area contributed by atoms with Gasteiger partial charge in [-0.05, 0) is 25.0 Å². The van der Waals surface area contributed by atoms with Crippen molar-refractivity contribution in [3.05, 3.63) is 41.0 Å². The van der Waals surface area contributed by atoms with Crippen LogP contribution in [0.15, 0.2) is 29.8 Å². The molecule has 0 saturated heterocycles. The molecule has 0 atom stereocenters. The summed E-state index contributed by atoms with van der Waals surface area (Å²) in [4.78, 5) is 10.7. The van der Waals surface area contributed by atoms with Gasteiger partial charge in [0.2, 0.25) is 0 Å². The number of hydrogen-bond acceptors (Lipinski definition) is 1. The van der Waals surface area contributed by atoms with Crippen LogP contribution in [-0.4, -0.2) is 11.1 Å². The number of benzene rings is 1. The Kier molecular flexibility index (Phi) is 3.46. The van der Waals surface area contributed by atoms with Crippen molar-refractivity contribution in [1.82, 2.24) is 0 Å². The summed E-state index contributed by atoms with van der Waals surface area (Å²) < 4.78 is 0. The summed E-state index contributed by atoms with van der Waals surface area (Å²) in [7, 11) is 0. The Balaban J connectivity index is 2.95. The molecule has 0 radical (unpaired) electrons. The first-order chi connectivity index (χ1) is 6.63. The number of hydrogen-bond donors (Lipinski definition) is 1. The molecule has 0 heterocycles. The minimum atomic E-state index is -0.840. The zero-order valence-electron chi connectivity index (χ0n) is 8.45. The van der Waals surface area contributed by atoms with Gasteiger partial charge in [-0.2, -0.15) is 0 Å². The monoisotopic (exact) mass is 190 g/mol. The Labute approximate surface area is 83.9 Å². The average Bonchev–Trinajstić information content (AvgIpc) is 2.16. The number of aryl methyl sites for hydroxylation is 1. The van der Waals surface area contributed by atoms with E-state index in [2.05, 4.69) is 0 Å². The second-order valence-corrected chi connectivity index (χ2v) is 3.24. The number of carboxylic acid groups (broad SMARTS) is 1. The zero-order chi connectivity index (χ0) is 10.6. The van der Waals surface area contributed by atoms with Gasteiger partial charge < -0.3 is 5.11 Å². The molecular weight excluding hydrogens is 176 g/mol. The summed E-state index contributed by atoms with van der Waals surface area (Å²) in [6.07, 6.45) is 2.25. The lowest BCUT2D eigenvalue weighted by Crippen LogP contribution is -1.98. The molecule has 1 aromatic carbocycles. The van der Waals surface area contributed by atoms with Crippen molar-refractivity contribution in [2.45, 2.75) is 20.3 Å². The standard InChI is InChI=1S/C12H14O2/c1-3-11(12(13)14)8-10-6-4-9(2)5-7-10/h4-8H,3H2,1-2H3,(H,13,14). The predicted molar refractivity (Wildman–Crippen MR) is 57.1 cm³/mol. The van der Waals surface area contributed by atoms with Crippen molar-refractivity contribution in [2.24, 2.45) is 0 Å². The quantitative estimate of drug-likeness (QED) is 0.744. The molecule has 0 spiro atoms. The predicted octanol–water partition coefficient (Wildman–Crippen LogP) is 2.87. The van der Waals surface area contributed by atoms with E-state index >= 15 is 0 Å². The van der Waals surface area contributed by atoms with Crippen molar-refractivity contribution in [3.8, 4) is 0 Å². The normalized spacial score (nSPS) is 11.4. The number of aliphatic carboxylic acids is 1. The first kappa shape index (κ1) is 10.5.